The molecule has 1 fully saturated rings. The summed E-state index contributed by atoms with van der Waals surface area (Å²) in [4.78, 5) is 31.3. The minimum Gasteiger partial charge on any atom is -0.445 e. The van der Waals surface area contributed by atoms with Crippen LogP contribution in [0.3, 0.4) is 0 Å². The Morgan fingerprint density at radius 2 is 2.11 bits per heavy atom. The van der Waals surface area contributed by atoms with Crippen LogP contribution in [0.15, 0.2) is 41.3 Å². The molecule has 27 heavy (non-hydrogen) atoms. The Kier molecular flexibility index (Phi) is 5.95. The van der Waals surface area contributed by atoms with Gasteiger partial charge in [0.1, 0.15) is 0 Å². The minimum absolute atomic E-state index is 0.0295. The van der Waals surface area contributed by atoms with Crippen LogP contribution < -0.4 is 5.32 Å². The summed E-state index contributed by atoms with van der Waals surface area (Å²) in [5.74, 6) is 0.782. The number of carbonyl (C=O) groups excluding carboxylic acids is 2. The standard InChI is InChI=1S/C19H24N4O4/c1-22(2)19(25)23-9-3-4-15(11-23)14-5-7-16(8-6-14)21-18(24)26-12-17-10-20-13-27-17/h5-8,10,13,15H,3-4,9,11-12H2,1-2H3,(H,21,24)/t15-/m0/s1. The molecule has 0 saturated carbocycles. The van der Waals surface area contributed by atoms with E-state index in [0.29, 0.717) is 23.9 Å². The quantitative estimate of drug-likeness (QED) is 0.890. The highest BCUT2D eigenvalue weighted by Crippen LogP contribution is 2.28. The first-order chi connectivity index (χ1) is 13.0. The van der Waals surface area contributed by atoms with Gasteiger partial charge in [-0.2, -0.15) is 0 Å². The van der Waals surface area contributed by atoms with Gasteiger partial charge < -0.3 is 19.0 Å². The van der Waals surface area contributed by atoms with E-state index in [2.05, 4.69) is 10.3 Å². The van der Waals surface area contributed by atoms with Crippen LogP contribution in [0.1, 0.15) is 30.1 Å². The van der Waals surface area contributed by atoms with Gasteiger partial charge in [-0.25, -0.2) is 14.6 Å². The number of nitrogens with zero attached hydrogens (tertiary/aromatic N) is 3. The van der Waals surface area contributed by atoms with Crippen LogP contribution in [0.25, 0.3) is 0 Å². The minimum atomic E-state index is -0.556. The molecule has 8 heteroatoms. The molecule has 1 saturated heterocycles. The molecule has 1 aliphatic rings. The van der Waals surface area contributed by atoms with Crippen molar-refractivity contribution in [2.45, 2.75) is 25.4 Å². The van der Waals surface area contributed by atoms with Crippen molar-refractivity contribution in [3.05, 3.63) is 48.2 Å². The van der Waals surface area contributed by atoms with Crippen molar-refractivity contribution < 1.29 is 18.7 Å². The third kappa shape index (κ3) is 4.99. The number of ether oxygens (including phenoxy) is 1. The number of piperidine rings is 1. The summed E-state index contributed by atoms with van der Waals surface area (Å²) in [6.45, 7) is 1.54. The van der Waals surface area contributed by atoms with Crippen LogP contribution >= 0.6 is 0 Å². The van der Waals surface area contributed by atoms with E-state index >= 15 is 0 Å². The largest absolute Gasteiger partial charge is 0.445 e. The van der Waals surface area contributed by atoms with E-state index in [1.165, 1.54) is 12.6 Å². The lowest BCUT2D eigenvalue weighted by Gasteiger charge is -2.34. The van der Waals surface area contributed by atoms with Crippen LogP contribution in [-0.2, 0) is 11.3 Å². The lowest BCUT2D eigenvalue weighted by Crippen LogP contribution is -2.44. The van der Waals surface area contributed by atoms with Gasteiger partial charge in [-0.1, -0.05) is 12.1 Å². The Morgan fingerprint density at radius 3 is 2.78 bits per heavy atom. The summed E-state index contributed by atoms with van der Waals surface area (Å²) in [6, 6.07) is 7.71. The molecule has 3 rings (SSSR count). The first kappa shape index (κ1) is 18.8. The maximum atomic E-state index is 12.2. The predicted octanol–water partition coefficient (Wildman–Crippen LogP) is 3.28. The monoisotopic (exact) mass is 372 g/mol. The second-order valence-electron chi connectivity index (χ2n) is 6.75. The SMILES string of the molecule is CN(C)C(=O)N1CCC[C@H](c2ccc(NC(=O)OCc3cnco3)cc2)C1. The lowest BCUT2D eigenvalue weighted by atomic mass is 9.90. The highest BCUT2D eigenvalue weighted by atomic mass is 16.6. The maximum Gasteiger partial charge on any atom is 0.412 e. The molecule has 2 heterocycles. The van der Waals surface area contributed by atoms with E-state index in [1.54, 1.807) is 19.0 Å². The van der Waals surface area contributed by atoms with Crippen molar-refractivity contribution in [3.8, 4) is 0 Å². The van der Waals surface area contributed by atoms with Crippen LogP contribution in [0, 0.1) is 0 Å². The Hall–Kier alpha value is -3.03. The molecule has 0 bridgehead atoms. The molecule has 3 amide bonds. The van der Waals surface area contributed by atoms with E-state index in [-0.39, 0.29) is 12.6 Å². The number of aromatic nitrogens is 1. The van der Waals surface area contributed by atoms with Gasteiger partial charge in [0.25, 0.3) is 0 Å². The highest BCUT2D eigenvalue weighted by molar-refractivity contribution is 5.84. The summed E-state index contributed by atoms with van der Waals surface area (Å²) in [5.41, 5.74) is 1.81. The number of hydrogen-bond acceptors (Lipinski definition) is 5. The molecule has 1 N–H and O–H groups in total. The molecule has 0 aliphatic carbocycles. The van der Waals surface area contributed by atoms with Gasteiger partial charge >= 0.3 is 12.1 Å². The number of oxazole rings is 1. The van der Waals surface area contributed by atoms with Gasteiger partial charge in [0.2, 0.25) is 0 Å². The van der Waals surface area contributed by atoms with Crippen LogP contribution in [0.5, 0.6) is 0 Å². The zero-order valence-electron chi connectivity index (χ0n) is 15.6. The zero-order valence-corrected chi connectivity index (χ0v) is 15.6. The van der Waals surface area contributed by atoms with E-state index in [0.717, 1.165) is 24.9 Å². The van der Waals surface area contributed by atoms with Crippen LogP contribution in [0.2, 0.25) is 0 Å². The van der Waals surface area contributed by atoms with Crippen molar-refractivity contribution >= 4 is 17.8 Å². The summed E-state index contributed by atoms with van der Waals surface area (Å²) in [7, 11) is 3.54. The van der Waals surface area contributed by atoms with Gasteiger partial charge in [-0.3, -0.25) is 5.32 Å². The Bertz CT molecular complexity index is 759. The first-order valence-electron chi connectivity index (χ1n) is 8.90. The summed E-state index contributed by atoms with van der Waals surface area (Å²) in [5, 5.41) is 2.68. The number of nitrogens with one attached hydrogen (secondary N) is 1. The molecule has 1 aliphatic heterocycles. The number of amides is 3. The number of urea groups is 1. The Balaban J connectivity index is 1.53. The summed E-state index contributed by atoms with van der Waals surface area (Å²) in [6.07, 6.45) is 4.26. The van der Waals surface area contributed by atoms with Crippen LogP contribution in [0.4, 0.5) is 15.3 Å². The van der Waals surface area contributed by atoms with E-state index in [4.69, 9.17) is 9.15 Å². The van der Waals surface area contributed by atoms with Crippen molar-refractivity contribution in [1.29, 1.82) is 0 Å². The average molecular weight is 372 g/mol. The molecular formula is C19H24N4O4. The second kappa shape index (κ2) is 8.57. The molecular weight excluding hydrogens is 348 g/mol. The molecule has 1 aromatic carbocycles. The lowest BCUT2D eigenvalue weighted by molar-refractivity contribution is 0.146. The number of rotatable bonds is 4. The molecule has 2 aromatic rings. The van der Waals surface area contributed by atoms with E-state index in [1.807, 2.05) is 29.2 Å². The smallest absolute Gasteiger partial charge is 0.412 e. The topological polar surface area (TPSA) is 87.9 Å². The van der Waals surface area contributed by atoms with Gasteiger partial charge in [-0.05, 0) is 30.5 Å². The molecule has 144 valence electrons. The summed E-state index contributed by atoms with van der Waals surface area (Å²) >= 11 is 0. The maximum absolute atomic E-state index is 12.2. The van der Waals surface area contributed by atoms with E-state index in [9.17, 15) is 9.59 Å². The third-order valence-electron chi connectivity index (χ3n) is 4.53. The van der Waals surface area contributed by atoms with Crippen molar-refractivity contribution in [2.75, 3.05) is 32.5 Å². The number of anilines is 1. The molecule has 8 nitrogen and oxygen atoms in total. The fourth-order valence-corrected chi connectivity index (χ4v) is 3.15. The van der Waals surface area contributed by atoms with Crippen LogP contribution in [-0.4, -0.2) is 54.1 Å². The van der Waals surface area contributed by atoms with Crippen molar-refractivity contribution in [2.24, 2.45) is 0 Å². The van der Waals surface area contributed by atoms with E-state index < -0.39 is 6.09 Å². The molecule has 0 unspecified atom stereocenters. The Labute approximate surface area is 158 Å². The van der Waals surface area contributed by atoms with Crippen molar-refractivity contribution in [1.82, 2.24) is 14.8 Å². The molecule has 0 radical (unpaired) electrons. The Morgan fingerprint density at radius 1 is 1.33 bits per heavy atom. The number of hydrogen-bond donors (Lipinski definition) is 1. The first-order valence-corrected chi connectivity index (χ1v) is 8.90. The number of likely N-dealkylation sites (tertiary alicyclic amines) is 1. The normalized spacial score (nSPS) is 16.7. The number of carbonyl (C=O) groups is 2. The molecule has 1 atom stereocenters. The second-order valence-corrected chi connectivity index (χ2v) is 6.75. The summed E-state index contributed by atoms with van der Waals surface area (Å²) < 4.78 is 10.1. The molecule has 1 aromatic heterocycles. The van der Waals surface area contributed by atoms with Gasteiger partial charge in [0, 0.05) is 38.8 Å². The average Bonchev–Trinajstić information content (AvgIpc) is 3.20. The zero-order chi connectivity index (χ0) is 19.2. The number of benzene rings is 1. The fraction of sp³-hybridized carbons (Fsp3) is 0.421. The third-order valence-corrected chi connectivity index (χ3v) is 4.53. The molecule has 0 spiro atoms. The van der Waals surface area contributed by atoms with Crippen molar-refractivity contribution in [3.63, 3.8) is 0 Å². The van der Waals surface area contributed by atoms with Gasteiger partial charge in [0.05, 0.1) is 6.20 Å². The fourth-order valence-electron chi connectivity index (χ4n) is 3.15. The highest BCUT2D eigenvalue weighted by Gasteiger charge is 2.25. The van der Waals surface area contributed by atoms with Gasteiger partial charge in [0.15, 0.2) is 18.8 Å². The van der Waals surface area contributed by atoms with Gasteiger partial charge in [-0.15, -0.1) is 0 Å². The predicted molar refractivity (Wildman–Crippen MR) is 99.4 cm³/mol.